The Balaban J connectivity index is 1.75. The van der Waals surface area contributed by atoms with E-state index in [2.05, 4.69) is 15.8 Å². The smallest absolute Gasteiger partial charge is 0.240 e. The van der Waals surface area contributed by atoms with Crippen LogP contribution in [0.1, 0.15) is 18.4 Å². The average molecular weight is 364 g/mol. The van der Waals surface area contributed by atoms with E-state index in [0.29, 0.717) is 21.3 Å². The molecule has 2 rings (SSSR count). The van der Waals surface area contributed by atoms with Crippen LogP contribution in [0.5, 0.6) is 0 Å². The molecule has 124 valence electrons. The van der Waals surface area contributed by atoms with Crippen LogP contribution in [0.2, 0.25) is 10.0 Å². The first-order valence-electron chi connectivity index (χ1n) is 7.16. The van der Waals surface area contributed by atoms with Crippen LogP contribution >= 0.6 is 23.2 Å². The fourth-order valence-electron chi connectivity index (χ4n) is 1.83. The first-order chi connectivity index (χ1) is 11.5. The summed E-state index contributed by atoms with van der Waals surface area (Å²) in [6.45, 7) is 0. The van der Waals surface area contributed by atoms with Gasteiger partial charge < -0.3 is 5.32 Å². The molecule has 0 saturated heterocycles. The number of amides is 2. The number of carbonyl (C=O) groups excluding carboxylic acids is 2. The molecule has 0 aliphatic rings. The average Bonchev–Trinajstić information content (AvgIpc) is 2.55. The van der Waals surface area contributed by atoms with E-state index in [0.717, 1.165) is 0 Å². The minimum absolute atomic E-state index is 0.0201. The summed E-state index contributed by atoms with van der Waals surface area (Å²) >= 11 is 11.8. The lowest BCUT2D eigenvalue weighted by Crippen LogP contribution is -2.20. The zero-order valence-corrected chi connectivity index (χ0v) is 14.1. The van der Waals surface area contributed by atoms with Crippen molar-refractivity contribution in [2.75, 3.05) is 5.32 Å². The summed E-state index contributed by atoms with van der Waals surface area (Å²) in [5.74, 6) is -0.637. The van der Waals surface area contributed by atoms with Gasteiger partial charge in [-0.1, -0.05) is 47.5 Å². The number of benzene rings is 2. The first-order valence-corrected chi connectivity index (χ1v) is 7.92. The number of hydrogen-bond acceptors (Lipinski definition) is 3. The van der Waals surface area contributed by atoms with Gasteiger partial charge in [0.05, 0.1) is 6.21 Å². The van der Waals surface area contributed by atoms with Crippen molar-refractivity contribution >= 4 is 46.9 Å². The molecule has 24 heavy (non-hydrogen) atoms. The molecular formula is C17H15Cl2N3O2. The molecule has 0 heterocycles. The lowest BCUT2D eigenvalue weighted by molar-refractivity contribution is -0.124. The van der Waals surface area contributed by atoms with E-state index in [1.807, 2.05) is 6.07 Å². The van der Waals surface area contributed by atoms with E-state index in [-0.39, 0.29) is 24.7 Å². The van der Waals surface area contributed by atoms with Crippen LogP contribution in [0.3, 0.4) is 0 Å². The zero-order valence-electron chi connectivity index (χ0n) is 12.6. The molecule has 0 aromatic heterocycles. The molecule has 2 amide bonds. The summed E-state index contributed by atoms with van der Waals surface area (Å²) in [4.78, 5) is 23.4. The standard InChI is InChI=1S/C17H15Cl2N3O2/c18-13-5-3-6-14(10-13)21-16(23)8-9-17(24)22-20-11-12-4-1-2-7-15(12)19/h1-7,10-11H,8-9H2,(H,21,23)(H,22,24). The van der Waals surface area contributed by atoms with E-state index in [1.54, 1.807) is 42.5 Å². The van der Waals surface area contributed by atoms with Crippen molar-refractivity contribution in [3.05, 3.63) is 64.1 Å². The predicted octanol–water partition coefficient (Wildman–Crippen LogP) is 3.86. The third-order valence-electron chi connectivity index (χ3n) is 2.99. The van der Waals surface area contributed by atoms with Crippen LogP contribution in [0.4, 0.5) is 5.69 Å². The van der Waals surface area contributed by atoms with Gasteiger partial charge in [0.15, 0.2) is 0 Å². The van der Waals surface area contributed by atoms with E-state index in [4.69, 9.17) is 23.2 Å². The Morgan fingerprint density at radius 3 is 2.50 bits per heavy atom. The fourth-order valence-corrected chi connectivity index (χ4v) is 2.20. The third-order valence-corrected chi connectivity index (χ3v) is 3.56. The number of nitrogens with zero attached hydrogens (tertiary/aromatic N) is 1. The van der Waals surface area contributed by atoms with Gasteiger partial charge in [0.25, 0.3) is 0 Å². The Kier molecular flexibility index (Phi) is 6.78. The number of carbonyl (C=O) groups is 2. The van der Waals surface area contributed by atoms with Gasteiger partial charge in [0.1, 0.15) is 0 Å². The van der Waals surface area contributed by atoms with E-state index >= 15 is 0 Å². The maximum Gasteiger partial charge on any atom is 0.240 e. The highest BCUT2D eigenvalue weighted by molar-refractivity contribution is 6.33. The minimum Gasteiger partial charge on any atom is -0.326 e. The van der Waals surface area contributed by atoms with Gasteiger partial charge in [0.2, 0.25) is 11.8 Å². The molecule has 2 N–H and O–H groups in total. The lowest BCUT2D eigenvalue weighted by atomic mass is 10.2. The molecule has 0 aliphatic carbocycles. The van der Waals surface area contributed by atoms with E-state index in [9.17, 15) is 9.59 Å². The minimum atomic E-state index is -0.362. The second-order valence-electron chi connectivity index (χ2n) is 4.87. The van der Waals surface area contributed by atoms with Crippen LogP contribution in [0.15, 0.2) is 53.6 Å². The van der Waals surface area contributed by atoms with Crippen molar-refractivity contribution in [3.8, 4) is 0 Å². The Labute approximate surface area is 149 Å². The molecule has 0 spiro atoms. The number of nitrogens with one attached hydrogen (secondary N) is 2. The van der Waals surface area contributed by atoms with Crippen molar-refractivity contribution in [2.24, 2.45) is 5.10 Å². The van der Waals surface area contributed by atoms with Crippen molar-refractivity contribution < 1.29 is 9.59 Å². The molecule has 5 nitrogen and oxygen atoms in total. The molecule has 0 fully saturated rings. The molecule has 0 unspecified atom stereocenters. The molecule has 0 saturated carbocycles. The zero-order chi connectivity index (χ0) is 17.4. The molecule has 0 atom stereocenters. The number of halogens is 2. The Morgan fingerprint density at radius 1 is 1.00 bits per heavy atom. The van der Waals surface area contributed by atoms with Crippen LogP contribution in [0, 0.1) is 0 Å². The molecule has 0 aliphatic heterocycles. The predicted molar refractivity (Wildman–Crippen MR) is 96.5 cm³/mol. The number of hydrazone groups is 1. The summed E-state index contributed by atoms with van der Waals surface area (Å²) in [6.07, 6.45) is 1.51. The third kappa shape index (κ3) is 6.02. The number of hydrogen-bond donors (Lipinski definition) is 2. The highest BCUT2D eigenvalue weighted by Crippen LogP contribution is 2.15. The normalized spacial score (nSPS) is 10.6. The van der Waals surface area contributed by atoms with Crippen LogP contribution in [-0.2, 0) is 9.59 Å². The van der Waals surface area contributed by atoms with E-state index in [1.165, 1.54) is 6.21 Å². The summed E-state index contributed by atoms with van der Waals surface area (Å²) in [7, 11) is 0. The van der Waals surface area contributed by atoms with Crippen LogP contribution in [0.25, 0.3) is 0 Å². The van der Waals surface area contributed by atoms with Crippen molar-refractivity contribution in [3.63, 3.8) is 0 Å². The first kappa shape index (κ1) is 18.0. The van der Waals surface area contributed by atoms with Crippen molar-refractivity contribution in [2.45, 2.75) is 12.8 Å². The SMILES string of the molecule is O=C(CCC(=O)Nc1cccc(Cl)c1)NN=Cc1ccccc1Cl. The Morgan fingerprint density at radius 2 is 1.75 bits per heavy atom. The number of rotatable bonds is 6. The highest BCUT2D eigenvalue weighted by Gasteiger charge is 2.07. The van der Waals surface area contributed by atoms with Gasteiger partial charge in [-0.05, 0) is 24.3 Å². The molecule has 0 radical (unpaired) electrons. The highest BCUT2D eigenvalue weighted by atomic mass is 35.5. The molecule has 0 bridgehead atoms. The van der Waals surface area contributed by atoms with Crippen molar-refractivity contribution in [1.29, 1.82) is 0 Å². The summed E-state index contributed by atoms with van der Waals surface area (Å²) in [5, 5.41) is 7.55. The van der Waals surface area contributed by atoms with Gasteiger partial charge >= 0.3 is 0 Å². The maximum atomic E-state index is 11.8. The summed E-state index contributed by atoms with van der Waals surface area (Å²) in [5.41, 5.74) is 3.64. The second kappa shape index (κ2) is 9.05. The largest absolute Gasteiger partial charge is 0.326 e. The van der Waals surface area contributed by atoms with Gasteiger partial charge in [-0.15, -0.1) is 0 Å². The van der Waals surface area contributed by atoms with Crippen molar-refractivity contribution in [1.82, 2.24) is 5.43 Å². The lowest BCUT2D eigenvalue weighted by Gasteiger charge is -2.05. The van der Waals surface area contributed by atoms with Gasteiger partial charge in [-0.2, -0.15) is 5.10 Å². The fraction of sp³-hybridized carbons (Fsp3) is 0.118. The topological polar surface area (TPSA) is 70.6 Å². The molecule has 2 aromatic rings. The Bertz CT molecular complexity index is 763. The Hall–Kier alpha value is -2.37. The monoisotopic (exact) mass is 363 g/mol. The van der Waals surface area contributed by atoms with Gasteiger partial charge in [-0.3, -0.25) is 9.59 Å². The van der Waals surface area contributed by atoms with Crippen LogP contribution < -0.4 is 10.7 Å². The molecular weight excluding hydrogens is 349 g/mol. The summed E-state index contributed by atoms with van der Waals surface area (Å²) in [6, 6.07) is 13.9. The molecule has 2 aromatic carbocycles. The quantitative estimate of drug-likeness (QED) is 0.604. The van der Waals surface area contributed by atoms with Gasteiger partial charge in [-0.25, -0.2) is 5.43 Å². The number of anilines is 1. The molecule has 7 heteroatoms. The van der Waals surface area contributed by atoms with Gasteiger partial charge in [0, 0.05) is 34.1 Å². The van der Waals surface area contributed by atoms with Crippen LogP contribution in [-0.4, -0.2) is 18.0 Å². The summed E-state index contributed by atoms with van der Waals surface area (Å²) < 4.78 is 0. The second-order valence-corrected chi connectivity index (χ2v) is 5.72. The maximum absolute atomic E-state index is 11.8. The van der Waals surface area contributed by atoms with E-state index < -0.39 is 0 Å².